The van der Waals surface area contributed by atoms with Gasteiger partial charge in [0.15, 0.2) is 0 Å². The minimum Gasteiger partial charge on any atom is -0.122 e. The van der Waals surface area contributed by atoms with Crippen LogP contribution in [0.4, 0.5) is 0 Å². The summed E-state index contributed by atoms with van der Waals surface area (Å²) in [5, 5.41) is 0. The molecule has 2 aromatic carbocycles. The zero-order valence-corrected chi connectivity index (χ0v) is 11.6. The fourth-order valence-corrected chi connectivity index (χ4v) is 2.01. The van der Waals surface area contributed by atoms with Gasteiger partial charge in [0.1, 0.15) is 0 Å². The van der Waals surface area contributed by atoms with Crippen molar-refractivity contribution in [2.45, 2.75) is 12.3 Å². The minimum atomic E-state index is 0.572. The van der Waals surface area contributed by atoms with Gasteiger partial charge in [-0.25, -0.2) is 0 Å². The van der Waals surface area contributed by atoms with Crippen LogP contribution >= 0.6 is 11.6 Å². The van der Waals surface area contributed by atoms with Crippen LogP contribution in [0.2, 0.25) is 0 Å². The standard InChI is InChI=1S/C18H17Cl/c19-15-18-12-10-17(11-13-18)14-16-8-6-4-2-1-3-5-7-9-16/h1-13H,14-15H2. The van der Waals surface area contributed by atoms with Crippen molar-refractivity contribution in [3.8, 4) is 0 Å². The van der Waals surface area contributed by atoms with E-state index in [1.165, 1.54) is 11.1 Å². The molecule has 0 bridgehead atoms. The van der Waals surface area contributed by atoms with Crippen LogP contribution in [0.15, 0.2) is 78.9 Å². The topological polar surface area (TPSA) is 0 Å². The first-order valence-electron chi connectivity index (χ1n) is 6.39. The highest BCUT2D eigenvalue weighted by Gasteiger charge is 1.95. The lowest BCUT2D eigenvalue weighted by Crippen LogP contribution is -1.87. The first kappa shape index (κ1) is 13.6. The second-order valence-electron chi connectivity index (χ2n) is 4.38. The van der Waals surface area contributed by atoms with Gasteiger partial charge in [-0.3, -0.25) is 0 Å². The maximum Gasteiger partial charge on any atom is 0.0474 e. The van der Waals surface area contributed by atoms with Crippen molar-refractivity contribution >= 4 is 11.6 Å². The minimum absolute atomic E-state index is 0.572. The Labute approximate surface area is 120 Å². The van der Waals surface area contributed by atoms with E-state index in [0.717, 1.165) is 12.0 Å². The molecule has 0 saturated heterocycles. The number of halogens is 1. The van der Waals surface area contributed by atoms with Crippen LogP contribution in [-0.2, 0) is 12.3 Å². The normalized spacial score (nSPS) is 9.74. The van der Waals surface area contributed by atoms with E-state index >= 15 is 0 Å². The first-order valence-corrected chi connectivity index (χ1v) is 6.93. The molecule has 0 fully saturated rings. The van der Waals surface area contributed by atoms with Gasteiger partial charge in [-0.15, -0.1) is 11.6 Å². The molecule has 0 aromatic heterocycles. The Morgan fingerprint density at radius 1 is 0.526 bits per heavy atom. The summed E-state index contributed by atoms with van der Waals surface area (Å²) in [6.07, 6.45) is 0.932. The third-order valence-corrected chi connectivity index (χ3v) is 3.18. The second kappa shape index (κ2) is 7.60. The average molecular weight is 269 g/mol. The predicted octanol–water partition coefficient (Wildman–Crippen LogP) is 5.14. The van der Waals surface area contributed by atoms with E-state index in [0.29, 0.717) is 5.88 Å². The number of hydrogen-bond donors (Lipinski definition) is 0. The summed E-state index contributed by atoms with van der Waals surface area (Å²) in [6, 6.07) is 27.1. The Morgan fingerprint density at radius 2 is 0.947 bits per heavy atom. The van der Waals surface area contributed by atoms with Gasteiger partial charge < -0.3 is 0 Å². The molecule has 0 unspecified atom stereocenters. The molecular weight excluding hydrogens is 252 g/mol. The van der Waals surface area contributed by atoms with E-state index in [1.807, 2.05) is 30.3 Å². The van der Waals surface area contributed by atoms with Crippen LogP contribution in [0.5, 0.6) is 0 Å². The number of hydrogen-bond acceptors (Lipinski definition) is 0. The highest BCUT2D eigenvalue weighted by atomic mass is 35.5. The van der Waals surface area contributed by atoms with Gasteiger partial charge in [0.25, 0.3) is 0 Å². The zero-order valence-electron chi connectivity index (χ0n) is 10.8. The van der Waals surface area contributed by atoms with Gasteiger partial charge in [0.2, 0.25) is 0 Å². The number of rotatable bonds is 3. The predicted molar refractivity (Wildman–Crippen MR) is 82.9 cm³/mol. The van der Waals surface area contributed by atoms with Crippen molar-refractivity contribution in [3.05, 3.63) is 95.6 Å². The van der Waals surface area contributed by atoms with Gasteiger partial charge in [0, 0.05) is 5.88 Å². The number of alkyl halides is 1. The Kier molecular flexibility index (Phi) is 5.46. The van der Waals surface area contributed by atoms with E-state index in [-0.39, 0.29) is 0 Å². The van der Waals surface area contributed by atoms with Crippen molar-refractivity contribution in [3.63, 3.8) is 0 Å². The molecule has 0 aliphatic rings. The fraction of sp³-hybridized carbons (Fsp3) is 0.111. The Bertz CT molecular complexity index is 532. The number of benzene rings is 1. The molecule has 96 valence electrons. The molecule has 0 radical (unpaired) electrons. The summed E-state index contributed by atoms with van der Waals surface area (Å²) in [7, 11) is 0. The molecule has 1 heteroatoms. The molecule has 0 nitrogen and oxygen atoms in total. The molecule has 0 aliphatic heterocycles. The highest BCUT2D eigenvalue weighted by molar-refractivity contribution is 6.17. The van der Waals surface area contributed by atoms with Gasteiger partial charge in [-0.05, 0) is 23.1 Å². The Hall–Kier alpha value is -1.79. The monoisotopic (exact) mass is 268 g/mol. The van der Waals surface area contributed by atoms with Gasteiger partial charge >= 0.3 is 0 Å². The molecule has 0 aliphatic carbocycles. The summed E-state index contributed by atoms with van der Waals surface area (Å²) in [5.74, 6) is 0.572. The molecule has 0 atom stereocenters. The van der Waals surface area contributed by atoms with E-state index in [2.05, 4.69) is 48.5 Å². The Morgan fingerprint density at radius 3 is 1.47 bits per heavy atom. The molecule has 2 aromatic rings. The van der Waals surface area contributed by atoms with E-state index in [9.17, 15) is 0 Å². The fourth-order valence-electron chi connectivity index (χ4n) is 1.83. The zero-order chi connectivity index (χ0) is 13.3. The maximum atomic E-state index is 5.80. The van der Waals surface area contributed by atoms with Gasteiger partial charge in [-0.2, -0.15) is 0 Å². The summed E-state index contributed by atoms with van der Waals surface area (Å²) in [6.45, 7) is 0. The lowest BCUT2D eigenvalue weighted by Gasteiger charge is -2.01. The van der Waals surface area contributed by atoms with Crippen LogP contribution in [0.1, 0.15) is 16.7 Å². The summed E-state index contributed by atoms with van der Waals surface area (Å²) < 4.78 is 0. The van der Waals surface area contributed by atoms with Crippen LogP contribution in [0, 0.1) is 0 Å². The van der Waals surface area contributed by atoms with Crippen molar-refractivity contribution in [1.29, 1.82) is 0 Å². The summed E-state index contributed by atoms with van der Waals surface area (Å²) in [5.41, 5.74) is 3.75. The second-order valence-corrected chi connectivity index (χ2v) is 4.65. The van der Waals surface area contributed by atoms with Crippen molar-refractivity contribution in [2.24, 2.45) is 0 Å². The molecule has 19 heavy (non-hydrogen) atoms. The lowest BCUT2D eigenvalue weighted by molar-refractivity contribution is 1.19. The quantitative estimate of drug-likeness (QED) is 0.676. The smallest absolute Gasteiger partial charge is 0.0474 e. The molecule has 0 saturated carbocycles. The van der Waals surface area contributed by atoms with Crippen molar-refractivity contribution in [2.75, 3.05) is 0 Å². The lowest BCUT2D eigenvalue weighted by atomic mass is 10.0. The molecule has 0 heterocycles. The first-order chi connectivity index (χ1) is 9.38. The summed E-state index contributed by atoms with van der Waals surface area (Å²) in [4.78, 5) is 0. The van der Waals surface area contributed by atoms with E-state index in [1.54, 1.807) is 0 Å². The molecule has 0 spiro atoms. The molecule has 0 N–H and O–H groups in total. The van der Waals surface area contributed by atoms with Gasteiger partial charge in [-0.1, -0.05) is 78.9 Å². The van der Waals surface area contributed by atoms with Crippen LogP contribution in [0.25, 0.3) is 0 Å². The van der Waals surface area contributed by atoms with E-state index in [4.69, 9.17) is 11.6 Å². The van der Waals surface area contributed by atoms with Crippen LogP contribution in [0.3, 0.4) is 0 Å². The third kappa shape index (κ3) is 4.76. The SMILES string of the molecule is ClCc1ccc(Cc2ccccccccc2)cc1. The van der Waals surface area contributed by atoms with Crippen LogP contribution < -0.4 is 0 Å². The van der Waals surface area contributed by atoms with Gasteiger partial charge in [0.05, 0.1) is 0 Å². The summed E-state index contributed by atoms with van der Waals surface area (Å²) >= 11 is 5.80. The maximum absolute atomic E-state index is 5.80. The van der Waals surface area contributed by atoms with Crippen molar-refractivity contribution < 1.29 is 0 Å². The van der Waals surface area contributed by atoms with Crippen LogP contribution in [-0.4, -0.2) is 0 Å². The Balaban J connectivity index is 2.22. The average Bonchev–Trinajstić information content (AvgIpc) is 2.46. The highest BCUT2D eigenvalue weighted by Crippen LogP contribution is 2.11. The third-order valence-electron chi connectivity index (χ3n) is 2.87. The molecular formula is C18H17Cl. The molecule has 0 amide bonds. The largest absolute Gasteiger partial charge is 0.122 e. The van der Waals surface area contributed by atoms with Crippen molar-refractivity contribution in [1.82, 2.24) is 0 Å². The molecule has 2 rings (SSSR count). The van der Waals surface area contributed by atoms with E-state index < -0.39 is 0 Å².